The Bertz CT molecular complexity index is 753. The van der Waals surface area contributed by atoms with E-state index in [0.29, 0.717) is 5.52 Å². The maximum atomic E-state index is 13.2. The lowest BCUT2D eigenvalue weighted by molar-refractivity contribution is 0.242. The Kier molecular flexibility index (Phi) is 3.75. The van der Waals surface area contributed by atoms with Crippen LogP contribution in [0.4, 0.5) is 15.2 Å². The molecule has 1 N–H and O–H groups in total. The lowest BCUT2D eigenvalue weighted by Gasteiger charge is -2.10. The van der Waals surface area contributed by atoms with E-state index in [2.05, 4.69) is 10.3 Å². The number of thiazole rings is 1. The van der Waals surface area contributed by atoms with Crippen molar-refractivity contribution in [1.29, 1.82) is 0 Å². The predicted molar refractivity (Wildman–Crippen MR) is 85.1 cm³/mol. The topological polar surface area (TPSA) is 34.1 Å². The molecule has 0 saturated heterocycles. The van der Waals surface area contributed by atoms with Gasteiger partial charge in [0, 0.05) is 11.8 Å². The van der Waals surface area contributed by atoms with Gasteiger partial charge in [-0.3, -0.25) is 0 Å². The minimum absolute atomic E-state index is 0.156. The summed E-state index contributed by atoms with van der Waals surface area (Å²) in [4.78, 5) is 4.38. The molecule has 0 unspecified atom stereocenters. The SMILES string of the molecule is CC(C)Oc1ccc(Nc2nc3cc(F)ccc3s2)cc1. The number of hydrogen-bond donors (Lipinski definition) is 1. The van der Waals surface area contributed by atoms with Crippen LogP contribution >= 0.6 is 11.3 Å². The normalized spacial score (nSPS) is 11.0. The zero-order chi connectivity index (χ0) is 14.8. The van der Waals surface area contributed by atoms with Crippen molar-refractivity contribution in [3.63, 3.8) is 0 Å². The number of fused-ring (bicyclic) bond motifs is 1. The average molecular weight is 302 g/mol. The molecule has 1 heterocycles. The molecule has 0 atom stereocenters. The van der Waals surface area contributed by atoms with E-state index in [-0.39, 0.29) is 11.9 Å². The fourth-order valence-electron chi connectivity index (χ4n) is 1.97. The molecule has 0 aliphatic heterocycles. The monoisotopic (exact) mass is 302 g/mol. The maximum Gasteiger partial charge on any atom is 0.188 e. The third kappa shape index (κ3) is 3.31. The molecule has 108 valence electrons. The molecule has 1 aromatic heterocycles. The fraction of sp³-hybridized carbons (Fsp3) is 0.188. The quantitative estimate of drug-likeness (QED) is 0.739. The third-order valence-corrected chi connectivity index (χ3v) is 3.78. The Morgan fingerprint density at radius 3 is 2.62 bits per heavy atom. The Balaban J connectivity index is 1.78. The van der Waals surface area contributed by atoms with E-state index in [1.807, 2.05) is 38.1 Å². The van der Waals surface area contributed by atoms with Crippen LogP contribution in [0.1, 0.15) is 13.8 Å². The van der Waals surface area contributed by atoms with Crippen molar-refractivity contribution >= 4 is 32.4 Å². The second kappa shape index (κ2) is 5.69. The Morgan fingerprint density at radius 1 is 1.14 bits per heavy atom. The summed E-state index contributed by atoms with van der Waals surface area (Å²) in [6, 6.07) is 12.3. The van der Waals surface area contributed by atoms with Gasteiger partial charge in [-0.1, -0.05) is 11.3 Å². The van der Waals surface area contributed by atoms with Crippen LogP contribution in [0.3, 0.4) is 0 Å². The molecule has 0 fully saturated rings. The molecule has 0 saturated carbocycles. The van der Waals surface area contributed by atoms with Gasteiger partial charge in [-0.05, 0) is 50.2 Å². The van der Waals surface area contributed by atoms with Crippen molar-refractivity contribution in [1.82, 2.24) is 4.98 Å². The van der Waals surface area contributed by atoms with Crippen LogP contribution in [-0.2, 0) is 0 Å². The summed E-state index contributed by atoms with van der Waals surface area (Å²) in [5, 5.41) is 3.97. The standard InChI is InChI=1S/C16H15FN2OS/c1-10(2)20-13-6-4-12(5-7-13)18-16-19-14-9-11(17)3-8-15(14)21-16/h3-10H,1-2H3,(H,18,19). The van der Waals surface area contributed by atoms with E-state index in [0.717, 1.165) is 21.3 Å². The molecule has 3 rings (SSSR count). The van der Waals surface area contributed by atoms with Crippen LogP contribution in [0.15, 0.2) is 42.5 Å². The van der Waals surface area contributed by atoms with E-state index in [9.17, 15) is 4.39 Å². The molecule has 0 aliphatic rings. The zero-order valence-corrected chi connectivity index (χ0v) is 12.6. The Labute approximate surface area is 126 Å². The molecule has 3 nitrogen and oxygen atoms in total. The van der Waals surface area contributed by atoms with Crippen LogP contribution in [-0.4, -0.2) is 11.1 Å². The number of anilines is 2. The van der Waals surface area contributed by atoms with Gasteiger partial charge >= 0.3 is 0 Å². The van der Waals surface area contributed by atoms with Gasteiger partial charge in [0.05, 0.1) is 16.3 Å². The second-order valence-corrected chi connectivity index (χ2v) is 5.98. The van der Waals surface area contributed by atoms with Gasteiger partial charge in [0.15, 0.2) is 5.13 Å². The van der Waals surface area contributed by atoms with Gasteiger partial charge in [-0.25, -0.2) is 9.37 Å². The molecular formula is C16H15FN2OS. The molecule has 0 spiro atoms. The summed E-state index contributed by atoms with van der Waals surface area (Å²) < 4.78 is 19.7. The predicted octanol–water partition coefficient (Wildman–Crippen LogP) is 4.97. The largest absolute Gasteiger partial charge is 0.491 e. The number of nitrogens with one attached hydrogen (secondary N) is 1. The Morgan fingerprint density at radius 2 is 1.90 bits per heavy atom. The fourth-order valence-corrected chi connectivity index (χ4v) is 2.83. The van der Waals surface area contributed by atoms with E-state index in [4.69, 9.17) is 4.74 Å². The van der Waals surface area contributed by atoms with Crippen molar-refractivity contribution in [2.75, 3.05) is 5.32 Å². The van der Waals surface area contributed by atoms with Crippen molar-refractivity contribution in [2.45, 2.75) is 20.0 Å². The molecule has 0 bridgehead atoms. The van der Waals surface area contributed by atoms with Crippen LogP contribution < -0.4 is 10.1 Å². The van der Waals surface area contributed by atoms with E-state index >= 15 is 0 Å². The molecule has 21 heavy (non-hydrogen) atoms. The van der Waals surface area contributed by atoms with E-state index in [1.165, 1.54) is 23.5 Å². The number of hydrogen-bond acceptors (Lipinski definition) is 4. The number of rotatable bonds is 4. The smallest absolute Gasteiger partial charge is 0.188 e. The van der Waals surface area contributed by atoms with E-state index in [1.54, 1.807) is 6.07 Å². The minimum atomic E-state index is -0.269. The third-order valence-electron chi connectivity index (χ3n) is 2.83. The first kappa shape index (κ1) is 13.8. The first-order valence-corrected chi connectivity index (χ1v) is 7.51. The summed E-state index contributed by atoms with van der Waals surface area (Å²) in [6.45, 7) is 3.98. The molecular weight excluding hydrogens is 287 g/mol. The molecule has 2 aromatic carbocycles. The summed E-state index contributed by atoms with van der Waals surface area (Å²) in [7, 11) is 0. The molecule has 3 aromatic rings. The Hall–Kier alpha value is -2.14. The first-order valence-electron chi connectivity index (χ1n) is 6.70. The number of aromatic nitrogens is 1. The van der Waals surface area contributed by atoms with Gasteiger partial charge in [0.1, 0.15) is 11.6 Å². The number of benzene rings is 2. The maximum absolute atomic E-state index is 13.2. The lowest BCUT2D eigenvalue weighted by Crippen LogP contribution is -2.05. The van der Waals surface area contributed by atoms with Crippen LogP contribution in [0.2, 0.25) is 0 Å². The van der Waals surface area contributed by atoms with Crippen LogP contribution in [0, 0.1) is 5.82 Å². The summed E-state index contributed by atoms with van der Waals surface area (Å²) in [5.74, 6) is 0.566. The van der Waals surface area contributed by atoms with E-state index < -0.39 is 0 Å². The van der Waals surface area contributed by atoms with Gasteiger partial charge < -0.3 is 10.1 Å². The average Bonchev–Trinajstić information content (AvgIpc) is 2.82. The van der Waals surface area contributed by atoms with Crippen molar-refractivity contribution in [2.24, 2.45) is 0 Å². The molecule has 0 radical (unpaired) electrons. The second-order valence-electron chi connectivity index (χ2n) is 4.95. The summed E-state index contributed by atoms with van der Waals surface area (Å²) >= 11 is 1.50. The first-order chi connectivity index (χ1) is 10.1. The zero-order valence-electron chi connectivity index (χ0n) is 11.8. The number of nitrogens with zero attached hydrogens (tertiary/aromatic N) is 1. The summed E-state index contributed by atoms with van der Waals surface area (Å²) in [6.07, 6.45) is 0.156. The van der Waals surface area contributed by atoms with Gasteiger partial charge in [0.25, 0.3) is 0 Å². The highest BCUT2D eigenvalue weighted by Crippen LogP contribution is 2.29. The molecule has 0 amide bonds. The molecule has 0 aliphatic carbocycles. The minimum Gasteiger partial charge on any atom is -0.491 e. The summed E-state index contributed by atoms with van der Waals surface area (Å²) in [5.41, 5.74) is 1.59. The number of ether oxygens (including phenoxy) is 1. The van der Waals surface area contributed by atoms with Gasteiger partial charge in [-0.2, -0.15) is 0 Å². The lowest BCUT2D eigenvalue weighted by atomic mass is 10.3. The highest BCUT2D eigenvalue weighted by Gasteiger charge is 2.05. The van der Waals surface area contributed by atoms with Crippen molar-refractivity contribution in [3.8, 4) is 5.75 Å². The van der Waals surface area contributed by atoms with Crippen LogP contribution in [0.5, 0.6) is 5.75 Å². The van der Waals surface area contributed by atoms with Gasteiger partial charge in [-0.15, -0.1) is 0 Å². The molecule has 5 heteroatoms. The van der Waals surface area contributed by atoms with Crippen molar-refractivity contribution < 1.29 is 9.13 Å². The highest BCUT2D eigenvalue weighted by molar-refractivity contribution is 7.22. The number of halogens is 1. The van der Waals surface area contributed by atoms with Gasteiger partial charge in [0.2, 0.25) is 0 Å². The van der Waals surface area contributed by atoms with Crippen LogP contribution in [0.25, 0.3) is 10.2 Å². The van der Waals surface area contributed by atoms with Crippen molar-refractivity contribution in [3.05, 3.63) is 48.3 Å². The highest BCUT2D eigenvalue weighted by atomic mass is 32.1.